The zero-order chi connectivity index (χ0) is 36.2. The Bertz CT molecular complexity index is 1180. The topological polar surface area (TPSA) is 100 Å². The first kappa shape index (κ1) is 43.5. The van der Waals surface area contributed by atoms with Gasteiger partial charge in [0.2, 0.25) is 0 Å². The third kappa shape index (κ3) is 16.5. The van der Waals surface area contributed by atoms with Crippen molar-refractivity contribution >= 4 is 26.5 Å². The number of likely N-dealkylation sites (N-methyl/N-ethyl adjacent to an activating group) is 1. The molecule has 0 spiro atoms. The molecule has 1 unspecified atom stereocenters. The zero-order valence-corrected chi connectivity index (χ0v) is 33.5. The summed E-state index contributed by atoms with van der Waals surface area (Å²) in [7, 11) is -1.37. The molecular formula is C39H68N2O6PSi+. The number of rotatable bonds is 26. The summed E-state index contributed by atoms with van der Waals surface area (Å²) < 4.78 is 30.6. The van der Waals surface area contributed by atoms with Crippen LogP contribution in [-0.2, 0) is 23.1 Å². The van der Waals surface area contributed by atoms with Gasteiger partial charge in [0.05, 0.1) is 33.8 Å². The summed E-state index contributed by atoms with van der Waals surface area (Å²) in [5, 5.41) is 1.85. The van der Waals surface area contributed by atoms with Crippen LogP contribution in [0.4, 0.5) is 0 Å². The third-order valence-corrected chi connectivity index (χ3v) is 14.6. The summed E-state index contributed by atoms with van der Waals surface area (Å²) in [6, 6.07) is 19.7. The van der Waals surface area contributed by atoms with Gasteiger partial charge in [-0.1, -0.05) is 165 Å². The van der Waals surface area contributed by atoms with Crippen LogP contribution in [0.15, 0.2) is 72.8 Å². The lowest BCUT2D eigenvalue weighted by Crippen LogP contribution is -2.67. The molecule has 2 aromatic carbocycles. The fourth-order valence-electron chi connectivity index (χ4n) is 5.87. The van der Waals surface area contributed by atoms with Gasteiger partial charge in [-0.05, 0) is 28.3 Å². The van der Waals surface area contributed by atoms with Crippen LogP contribution in [0.1, 0.15) is 105 Å². The molecule has 0 heterocycles. The third-order valence-electron chi connectivity index (χ3n) is 8.87. The largest absolute Gasteiger partial charge is 0.472 e. The molecule has 0 bridgehead atoms. The van der Waals surface area contributed by atoms with E-state index in [-0.39, 0.29) is 18.3 Å². The number of nitrogens with zero attached hydrogens (tertiary/aromatic N) is 1. The molecule has 0 aliphatic heterocycles. The molecule has 49 heavy (non-hydrogen) atoms. The van der Waals surface area contributed by atoms with Crippen LogP contribution in [0.2, 0.25) is 5.04 Å². The number of unbranched alkanes of at least 4 members (excludes halogenated alkanes) is 11. The molecule has 2 aromatic rings. The van der Waals surface area contributed by atoms with Gasteiger partial charge < -0.3 is 15.1 Å². The molecule has 0 aliphatic carbocycles. The van der Waals surface area contributed by atoms with E-state index < -0.39 is 28.3 Å². The smallest absolute Gasteiger partial charge is 0.329 e. The van der Waals surface area contributed by atoms with Crippen molar-refractivity contribution in [2.45, 2.75) is 122 Å². The molecule has 0 aromatic heterocycles. The number of allylic oxidation sites excluding steroid dienone is 1. The molecule has 0 saturated heterocycles. The summed E-state index contributed by atoms with van der Waals surface area (Å²) in [6.45, 7) is 9.20. The molecule has 2 rings (SSSR count). The summed E-state index contributed by atoms with van der Waals surface area (Å²) in [5.74, 6) is 0. The summed E-state index contributed by atoms with van der Waals surface area (Å²) >= 11 is 0. The van der Waals surface area contributed by atoms with Gasteiger partial charge in [-0.15, -0.1) is 0 Å². The van der Waals surface area contributed by atoms with Crippen LogP contribution in [0.5, 0.6) is 0 Å². The first-order valence-electron chi connectivity index (χ1n) is 18.5. The van der Waals surface area contributed by atoms with Gasteiger partial charge in [0.25, 0.3) is 0 Å². The zero-order valence-electron chi connectivity index (χ0n) is 31.6. The molecule has 0 saturated carbocycles. The molecular weight excluding hydrogens is 651 g/mol. The molecule has 3 N–H and O–H groups in total. The van der Waals surface area contributed by atoms with Gasteiger partial charge in [-0.3, -0.25) is 13.6 Å². The van der Waals surface area contributed by atoms with Crippen molar-refractivity contribution in [1.82, 2.24) is 0 Å². The molecule has 278 valence electrons. The monoisotopic (exact) mass is 719 g/mol. The van der Waals surface area contributed by atoms with Gasteiger partial charge in [0, 0.05) is 0 Å². The van der Waals surface area contributed by atoms with E-state index in [9.17, 15) is 9.46 Å². The van der Waals surface area contributed by atoms with Crippen molar-refractivity contribution in [3.63, 3.8) is 0 Å². The Hall–Kier alpha value is -1.65. The Balaban J connectivity index is 2.14. The van der Waals surface area contributed by atoms with Gasteiger partial charge in [0.15, 0.2) is 0 Å². The van der Waals surface area contributed by atoms with Crippen molar-refractivity contribution in [1.29, 1.82) is 0 Å². The Kier molecular flexibility index (Phi) is 19.8. The minimum Gasteiger partial charge on any atom is -0.329 e. The van der Waals surface area contributed by atoms with Crippen molar-refractivity contribution in [2.24, 2.45) is 5.73 Å². The maximum Gasteiger partial charge on any atom is 0.472 e. The SMILES string of the molecule is CCCCCCCCCCCCCC=C[C@@H](OO[Si](c1ccccc1)(c1ccccc1)C(C)(C)C)[C@@H](N)COP(=O)(O)OCC[N+](C)(C)C. The first-order valence-corrected chi connectivity index (χ1v) is 21.9. The Labute approximate surface area is 299 Å². The van der Waals surface area contributed by atoms with Crippen molar-refractivity contribution in [3.05, 3.63) is 72.8 Å². The molecule has 0 radical (unpaired) electrons. The van der Waals surface area contributed by atoms with Gasteiger partial charge in [0.1, 0.15) is 19.3 Å². The predicted octanol–water partition coefficient (Wildman–Crippen LogP) is 8.29. The van der Waals surface area contributed by atoms with E-state index in [0.29, 0.717) is 11.0 Å². The van der Waals surface area contributed by atoms with E-state index in [1.165, 1.54) is 64.2 Å². The second kappa shape index (κ2) is 22.3. The number of phosphoric ester groups is 1. The summed E-state index contributed by atoms with van der Waals surface area (Å²) in [4.78, 5) is 16.7. The highest BCUT2D eigenvalue weighted by Gasteiger charge is 2.52. The molecule has 0 aliphatic rings. The second-order valence-corrected chi connectivity index (χ2v) is 21.0. The van der Waals surface area contributed by atoms with E-state index in [1.54, 1.807) is 0 Å². The normalized spacial score (nSPS) is 15.4. The fraction of sp³-hybridized carbons (Fsp3) is 0.641. The van der Waals surface area contributed by atoms with Crippen molar-refractivity contribution in [3.8, 4) is 0 Å². The Morgan fingerprint density at radius 3 is 1.78 bits per heavy atom. The van der Waals surface area contributed by atoms with Crippen LogP contribution < -0.4 is 16.1 Å². The van der Waals surface area contributed by atoms with Crippen molar-refractivity contribution in [2.75, 3.05) is 40.9 Å². The summed E-state index contributed by atoms with van der Waals surface area (Å²) in [6.07, 6.45) is 18.4. The fourth-order valence-corrected chi connectivity index (χ4v) is 10.7. The first-order chi connectivity index (χ1) is 23.2. The van der Waals surface area contributed by atoms with Crippen LogP contribution >= 0.6 is 7.82 Å². The maximum atomic E-state index is 12.7. The number of quaternary nitrogens is 1. The van der Waals surface area contributed by atoms with Crippen LogP contribution in [0.3, 0.4) is 0 Å². The molecule has 10 heteroatoms. The van der Waals surface area contributed by atoms with Crippen LogP contribution in [-0.4, -0.2) is 70.7 Å². The Morgan fingerprint density at radius 1 is 0.816 bits per heavy atom. The molecule has 3 atom stereocenters. The lowest BCUT2D eigenvalue weighted by molar-refractivity contribution is -0.870. The highest BCUT2D eigenvalue weighted by Crippen LogP contribution is 2.43. The standard InChI is InChI=1S/C39H67N2O6PSi/c1-8-9-10-11-12-13-14-15-16-17-18-19-26-31-38(37(40)34-45-48(42,43)44-33-32-41(5,6)7)46-47-49(39(2,3)4,35-27-22-20-23-28-35)36-29-24-21-25-30-36/h20-31,37-38H,8-19,32-34,40H2,1-7H3/p+1/t37-,38+/m0/s1. The summed E-state index contributed by atoms with van der Waals surface area (Å²) in [5.41, 5.74) is 6.63. The van der Waals surface area contributed by atoms with E-state index >= 15 is 0 Å². The highest BCUT2D eigenvalue weighted by molar-refractivity contribution is 7.47. The lowest BCUT2D eigenvalue weighted by atomic mass is 10.0. The van der Waals surface area contributed by atoms with E-state index in [4.69, 9.17) is 24.2 Å². The van der Waals surface area contributed by atoms with Crippen molar-refractivity contribution < 1.29 is 32.5 Å². The number of hydrogen-bond donors (Lipinski definition) is 2. The minimum atomic E-state index is -4.31. The van der Waals surface area contributed by atoms with E-state index in [0.717, 1.165) is 23.2 Å². The number of benzene rings is 2. The quantitative estimate of drug-likeness (QED) is 0.0192. The van der Waals surface area contributed by atoms with E-state index in [2.05, 4.69) is 58.0 Å². The predicted molar refractivity (Wildman–Crippen MR) is 206 cm³/mol. The molecule has 0 fully saturated rings. The minimum absolute atomic E-state index is 0.0856. The lowest BCUT2D eigenvalue weighted by Gasteiger charge is -2.42. The number of phosphoric acid groups is 1. The van der Waals surface area contributed by atoms with Crippen LogP contribution in [0.25, 0.3) is 0 Å². The highest BCUT2D eigenvalue weighted by atomic mass is 31.2. The van der Waals surface area contributed by atoms with Gasteiger partial charge in [-0.2, -0.15) is 0 Å². The second-order valence-electron chi connectivity index (χ2n) is 15.3. The van der Waals surface area contributed by atoms with E-state index in [1.807, 2.05) is 63.6 Å². The maximum absolute atomic E-state index is 12.7. The average Bonchev–Trinajstić information content (AvgIpc) is 3.04. The van der Waals surface area contributed by atoms with Gasteiger partial charge in [-0.25, -0.2) is 9.45 Å². The average molecular weight is 720 g/mol. The van der Waals surface area contributed by atoms with Gasteiger partial charge >= 0.3 is 16.1 Å². The Morgan fingerprint density at radius 2 is 1.31 bits per heavy atom. The number of hydrogen-bond acceptors (Lipinski definition) is 6. The molecule has 0 amide bonds. The number of nitrogens with two attached hydrogens (primary N) is 1. The molecule has 8 nitrogen and oxygen atoms in total. The van der Waals surface area contributed by atoms with Crippen LogP contribution in [0, 0.1) is 0 Å².